The zero-order valence-electron chi connectivity index (χ0n) is 11.5. The van der Waals surface area contributed by atoms with Crippen molar-refractivity contribution in [1.82, 2.24) is 4.98 Å². The van der Waals surface area contributed by atoms with Crippen molar-refractivity contribution in [2.75, 3.05) is 7.11 Å². The molecule has 1 aromatic heterocycles. The van der Waals surface area contributed by atoms with Gasteiger partial charge in [-0.2, -0.15) is 0 Å². The van der Waals surface area contributed by atoms with Gasteiger partial charge in [-0.3, -0.25) is 0 Å². The standard InChI is InChI=1S/C18H13NO2/c1-21-18(20)12-7-8-13-11(10-12)6-9-15-14-4-2-3-5-16(14)19-17(13)15/h2-10,19H,1H3. The molecular weight excluding hydrogens is 262 g/mol. The number of H-pyrrole nitrogens is 1. The average molecular weight is 275 g/mol. The Kier molecular flexibility index (Phi) is 2.48. The fraction of sp³-hybridized carbons (Fsp3) is 0.0556. The summed E-state index contributed by atoms with van der Waals surface area (Å²) in [4.78, 5) is 15.1. The van der Waals surface area contributed by atoms with E-state index in [2.05, 4.69) is 23.2 Å². The van der Waals surface area contributed by atoms with Gasteiger partial charge in [0, 0.05) is 21.7 Å². The number of hydrogen-bond donors (Lipinski definition) is 1. The average Bonchev–Trinajstić information content (AvgIpc) is 2.92. The minimum absolute atomic E-state index is 0.311. The first-order chi connectivity index (χ1) is 10.3. The molecule has 3 heteroatoms. The number of benzene rings is 3. The summed E-state index contributed by atoms with van der Waals surface area (Å²) in [6, 6.07) is 18.0. The van der Waals surface area contributed by atoms with Crippen molar-refractivity contribution in [3.05, 3.63) is 60.2 Å². The van der Waals surface area contributed by atoms with E-state index >= 15 is 0 Å². The van der Waals surface area contributed by atoms with E-state index in [0.29, 0.717) is 5.56 Å². The third kappa shape index (κ3) is 1.71. The number of carbonyl (C=O) groups is 1. The zero-order valence-corrected chi connectivity index (χ0v) is 11.5. The maximum atomic E-state index is 11.6. The first kappa shape index (κ1) is 12.0. The molecule has 1 N–H and O–H groups in total. The van der Waals surface area contributed by atoms with Gasteiger partial charge in [0.05, 0.1) is 18.2 Å². The molecule has 0 fully saturated rings. The Morgan fingerprint density at radius 2 is 1.76 bits per heavy atom. The Morgan fingerprint density at radius 1 is 0.952 bits per heavy atom. The minimum Gasteiger partial charge on any atom is -0.465 e. The second-order valence-electron chi connectivity index (χ2n) is 5.09. The summed E-state index contributed by atoms with van der Waals surface area (Å²) in [6.07, 6.45) is 0. The van der Waals surface area contributed by atoms with E-state index in [-0.39, 0.29) is 5.97 Å². The Morgan fingerprint density at radius 3 is 2.62 bits per heavy atom. The summed E-state index contributed by atoms with van der Waals surface area (Å²) in [5, 5.41) is 4.55. The molecule has 0 aliphatic carbocycles. The van der Waals surface area contributed by atoms with Crippen molar-refractivity contribution >= 4 is 38.5 Å². The first-order valence-corrected chi connectivity index (χ1v) is 6.79. The molecule has 4 rings (SSSR count). The van der Waals surface area contributed by atoms with Gasteiger partial charge in [-0.1, -0.05) is 36.4 Å². The Labute approximate surface area is 121 Å². The SMILES string of the molecule is COC(=O)c1ccc2c(ccc3c4ccccc4[nH]c23)c1. The van der Waals surface area contributed by atoms with Crippen molar-refractivity contribution in [3.63, 3.8) is 0 Å². The number of esters is 1. The maximum absolute atomic E-state index is 11.6. The summed E-state index contributed by atoms with van der Waals surface area (Å²) < 4.78 is 4.77. The van der Waals surface area contributed by atoms with Gasteiger partial charge in [0.15, 0.2) is 0 Å². The van der Waals surface area contributed by atoms with Crippen LogP contribution in [0.15, 0.2) is 54.6 Å². The predicted octanol–water partition coefficient (Wildman–Crippen LogP) is 4.26. The number of ether oxygens (including phenoxy) is 1. The van der Waals surface area contributed by atoms with Crippen LogP contribution in [-0.2, 0) is 4.74 Å². The molecule has 0 bridgehead atoms. The molecule has 0 unspecified atom stereocenters. The highest BCUT2D eigenvalue weighted by Gasteiger charge is 2.10. The summed E-state index contributed by atoms with van der Waals surface area (Å²) >= 11 is 0. The normalized spacial score (nSPS) is 11.3. The number of carbonyl (C=O) groups excluding carboxylic acids is 1. The van der Waals surface area contributed by atoms with Gasteiger partial charge >= 0.3 is 5.97 Å². The van der Waals surface area contributed by atoms with E-state index in [4.69, 9.17) is 4.74 Å². The molecule has 1 heterocycles. The highest BCUT2D eigenvalue weighted by atomic mass is 16.5. The molecular formula is C18H13NO2. The van der Waals surface area contributed by atoms with Crippen LogP contribution in [0.25, 0.3) is 32.6 Å². The topological polar surface area (TPSA) is 42.1 Å². The number of rotatable bonds is 1. The van der Waals surface area contributed by atoms with Gasteiger partial charge < -0.3 is 9.72 Å². The van der Waals surface area contributed by atoms with Crippen LogP contribution in [-0.4, -0.2) is 18.1 Å². The largest absolute Gasteiger partial charge is 0.465 e. The van der Waals surface area contributed by atoms with Crippen LogP contribution < -0.4 is 0 Å². The van der Waals surface area contributed by atoms with Crippen LogP contribution in [0.4, 0.5) is 0 Å². The van der Waals surface area contributed by atoms with Crippen LogP contribution in [0, 0.1) is 0 Å². The van der Waals surface area contributed by atoms with Gasteiger partial charge in [0.25, 0.3) is 0 Å². The third-order valence-corrected chi connectivity index (χ3v) is 3.92. The number of aromatic amines is 1. The molecule has 0 saturated heterocycles. The van der Waals surface area contributed by atoms with Gasteiger partial charge in [-0.05, 0) is 23.6 Å². The molecule has 3 nitrogen and oxygen atoms in total. The number of fused-ring (bicyclic) bond motifs is 5. The maximum Gasteiger partial charge on any atom is 0.337 e. The van der Waals surface area contributed by atoms with E-state index < -0.39 is 0 Å². The summed E-state index contributed by atoms with van der Waals surface area (Å²) in [6.45, 7) is 0. The molecule has 0 radical (unpaired) electrons. The molecule has 0 saturated carbocycles. The monoisotopic (exact) mass is 275 g/mol. The second kappa shape index (κ2) is 4.35. The van der Waals surface area contributed by atoms with E-state index in [9.17, 15) is 4.79 Å². The number of methoxy groups -OCH3 is 1. The first-order valence-electron chi connectivity index (χ1n) is 6.79. The van der Waals surface area contributed by atoms with Crippen LogP contribution in [0.1, 0.15) is 10.4 Å². The lowest BCUT2D eigenvalue weighted by atomic mass is 10.0. The van der Waals surface area contributed by atoms with Crippen LogP contribution in [0.5, 0.6) is 0 Å². The fourth-order valence-electron chi connectivity index (χ4n) is 2.90. The van der Waals surface area contributed by atoms with Gasteiger partial charge in [-0.15, -0.1) is 0 Å². The lowest BCUT2D eigenvalue weighted by Gasteiger charge is -2.03. The van der Waals surface area contributed by atoms with Crippen molar-refractivity contribution in [1.29, 1.82) is 0 Å². The van der Waals surface area contributed by atoms with E-state index in [1.807, 2.05) is 30.3 Å². The molecule has 0 amide bonds. The lowest BCUT2D eigenvalue weighted by molar-refractivity contribution is 0.0601. The Bertz CT molecular complexity index is 998. The molecule has 21 heavy (non-hydrogen) atoms. The van der Waals surface area contributed by atoms with Crippen molar-refractivity contribution in [3.8, 4) is 0 Å². The Balaban J connectivity index is 2.07. The van der Waals surface area contributed by atoms with E-state index in [0.717, 1.165) is 21.8 Å². The van der Waals surface area contributed by atoms with Gasteiger partial charge in [0.2, 0.25) is 0 Å². The molecule has 3 aromatic carbocycles. The molecule has 4 aromatic rings. The number of aromatic nitrogens is 1. The van der Waals surface area contributed by atoms with Crippen molar-refractivity contribution in [2.24, 2.45) is 0 Å². The van der Waals surface area contributed by atoms with Crippen LogP contribution >= 0.6 is 0 Å². The number of nitrogens with one attached hydrogen (secondary N) is 1. The molecule has 0 aliphatic rings. The zero-order chi connectivity index (χ0) is 14.4. The molecule has 0 spiro atoms. The predicted molar refractivity (Wildman–Crippen MR) is 84.7 cm³/mol. The molecule has 0 atom stereocenters. The number of hydrogen-bond acceptors (Lipinski definition) is 2. The summed E-state index contributed by atoms with van der Waals surface area (Å²) in [5.41, 5.74) is 2.79. The number of para-hydroxylation sites is 1. The summed E-state index contributed by atoms with van der Waals surface area (Å²) in [7, 11) is 1.40. The fourth-order valence-corrected chi connectivity index (χ4v) is 2.90. The smallest absolute Gasteiger partial charge is 0.337 e. The Hall–Kier alpha value is -2.81. The second-order valence-corrected chi connectivity index (χ2v) is 5.09. The van der Waals surface area contributed by atoms with Crippen LogP contribution in [0.2, 0.25) is 0 Å². The highest BCUT2D eigenvalue weighted by molar-refractivity contribution is 6.17. The molecule has 0 aliphatic heterocycles. The summed E-state index contributed by atoms with van der Waals surface area (Å²) in [5.74, 6) is -0.311. The van der Waals surface area contributed by atoms with Crippen LogP contribution in [0.3, 0.4) is 0 Å². The van der Waals surface area contributed by atoms with E-state index in [1.54, 1.807) is 6.07 Å². The molecule has 102 valence electrons. The van der Waals surface area contributed by atoms with Crippen molar-refractivity contribution in [2.45, 2.75) is 0 Å². The lowest BCUT2D eigenvalue weighted by Crippen LogP contribution is -2.00. The van der Waals surface area contributed by atoms with Gasteiger partial charge in [0.1, 0.15) is 0 Å². The minimum atomic E-state index is -0.311. The third-order valence-electron chi connectivity index (χ3n) is 3.92. The van der Waals surface area contributed by atoms with E-state index in [1.165, 1.54) is 17.9 Å². The van der Waals surface area contributed by atoms with Gasteiger partial charge in [-0.25, -0.2) is 4.79 Å². The van der Waals surface area contributed by atoms with Crippen molar-refractivity contribution < 1.29 is 9.53 Å². The highest BCUT2D eigenvalue weighted by Crippen LogP contribution is 2.31. The quantitative estimate of drug-likeness (QED) is 0.527.